The van der Waals surface area contributed by atoms with Gasteiger partial charge in [0.05, 0.1) is 13.7 Å². The summed E-state index contributed by atoms with van der Waals surface area (Å²) in [6.07, 6.45) is -2.90. The van der Waals surface area contributed by atoms with Gasteiger partial charge in [-0.2, -0.15) is 8.42 Å². The smallest absolute Gasteiger partial charge is 0.400 e. The number of methoxy groups -OCH3 is 1. The van der Waals surface area contributed by atoms with Crippen LogP contribution in [0.1, 0.15) is 13.8 Å². The van der Waals surface area contributed by atoms with Crippen LogP contribution in [0.25, 0.3) is 0 Å². The van der Waals surface area contributed by atoms with E-state index in [-0.39, 0.29) is 6.61 Å². The van der Waals surface area contributed by atoms with Crippen molar-refractivity contribution in [2.45, 2.75) is 43.7 Å². The molecule has 4 atom stereocenters. The molecule has 3 unspecified atom stereocenters. The fraction of sp³-hybridized carbons (Fsp3) is 0.900. The molecule has 3 fully saturated rings. The molecule has 0 saturated carbocycles. The zero-order valence-electron chi connectivity index (χ0n) is 11.0. The minimum Gasteiger partial charge on any atom is -0.465 e. The van der Waals surface area contributed by atoms with Gasteiger partial charge in [-0.15, -0.1) is 0 Å². The molecule has 0 aromatic heterocycles. The van der Waals surface area contributed by atoms with Crippen LogP contribution in [-0.2, 0) is 42.5 Å². The van der Waals surface area contributed by atoms with Gasteiger partial charge < -0.3 is 18.9 Å². The first-order valence-corrected chi connectivity index (χ1v) is 7.24. The highest BCUT2D eigenvalue weighted by atomic mass is 32.3. The molecule has 3 rings (SSSR count). The fourth-order valence-corrected chi connectivity index (χ4v) is 3.45. The van der Waals surface area contributed by atoms with Gasteiger partial charge in [0, 0.05) is 0 Å². The Morgan fingerprint density at radius 2 is 2.00 bits per heavy atom. The van der Waals surface area contributed by atoms with Gasteiger partial charge in [-0.3, -0.25) is 0 Å². The summed E-state index contributed by atoms with van der Waals surface area (Å²) in [5.41, 5.74) is 0. The number of carbonyl (C=O) groups is 1. The normalized spacial score (nSPS) is 44.6. The van der Waals surface area contributed by atoms with Gasteiger partial charge in [0.25, 0.3) is 0 Å². The maximum Gasteiger partial charge on any atom is 0.400 e. The van der Waals surface area contributed by atoms with Gasteiger partial charge in [0.1, 0.15) is 12.2 Å². The van der Waals surface area contributed by atoms with E-state index in [1.807, 2.05) is 0 Å². The van der Waals surface area contributed by atoms with Crippen LogP contribution in [-0.4, -0.2) is 58.0 Å². The Morgan fingerprint density at radius 1 is 1.30 bits per heavy atom. The first-order chi connectivity index (χ1) is 9.19. The summed E-state index contributed by atoms with van der Waals surface area (Å²) < 4.78 is 53.4. The van der Waals surface area contributed by atoms with Crippen LogP contribution < -0.4 is 0 Å². The van der Waals surface area contributed by atoms with Gasteiger partial charge in [0.2, 0.25) is 0 Å². The maximum absolute atomic E-state index is 12.0. The topological polar surface area (TPSA) is 107 Å². The molecule has 0 bridgehead atoms. The Labute approximate surface area is 115 Å². The summed E-state index contributed by atoms with van der Waals surface area (Å²) in [6.45, 7) is 2.86. The first kappa shape index (κ1) is 14.2. The van der Waals surface area contributed by atoms with E-state index in [0.29, 0.717) is 0 Å². The molecule has 3 aliphatic rings. The van der Waals surface area contributed by atoms with E-state index >= 15 is 0 Å². The lowest BCUT2D eigenvalue weighted by molar-refractivity contribution is -0.267. The second-order valence-corrected chi connectivity index (χ2v) is 6.35. The van der Waals surface area contributed by atoms with Crippen molar-refractivity contribution in [3.8, 4) is 0 Å². The molecule has 0 amide bonds. The molecule has 10 heteroatoms. The highest BCUT2D eigenvalue weighted by Gasteiger charge is 2.72. The molecule has 0 aromatic carbocycles. The predicted octanol–water partition coefficient (Wildman–Crippen LogP) is -0.934. The number of ether oxygens (including phenoxy) is 4. The highest BCUT2D eigenvalue weighted by molar-refractivity contribution is 7.81. The van der Waals surface area contributed by atoms with Gasteiger partial charge in [0.15, 0.2) is 11.9 Å². The lowest BCUT2D eigenvalue weighted by Crippen LogP contribution is -2.49. The van der Waals surface area contributed by atoms with Gasteiger partial charge >= 0.3 is 22.2 Å². The molecule has 9 nitrogen and oxygen atoms in total. The van der Waals surface area contributed by atoms with E-state index in [9.17, 15) is 13.2 Å². The molecule has 3 heterocycles. The minimum atomic E-state index is -4.14. The van der Waals surface area contributed by atoms with Gasteiger partial charge in [-0.1, -0.05) is 0 Å². The summed E-state index contributed by atoms with van der Waals surface area (Å²) in [6, 6.07) is 0. The van der Waals surface area contributed by atoms with Crippen LogP contribution in [0, 0.1) is 0 Å². The Kier molecular flexibility index (Phi) is 2.92. The number of hydrogen-bond donors (Lipinski definition) is 0. The highest BCUT2D eigenvalue weighted by Crippen LogP contribution is 2.48. The van der Waals surface area contributed by atoms with Crippen molar-refractivity contribution in [1.29, 1.82) is 0 Å². The Morgan fingerprint density at radius 3 is 2.65 bits per heavy atom. The molecule has 0 spiro atoms. The molecule has 3 aliphatic heterocycles. The van der Waals surface area contributed by atoms with Crippen LogP contribution in [0.3, 0.4) is 0 Å². The van der Waals surface area contributed by atoms with E-state index in [0.717, 1.165) is 0 Å². The number of esters is 1. The molecule has 3 saturated heterocycles. The third-order valence-electron chi connectivity index (χ3n) is 3.25. The van der Waals surface area contributed by atoms with Crippen LogP contribution in [0.5, 0.6) is 0 Å². The van der Waals surface area contributed by atoms with Crippen LogP contribution in [0.2, 0.25) is 0 Å². The van der Waals surface area contributed by atoms with Crippen molar-refractivity contribution >= 4 is 16.4 Å². The third-order valence-corrected chi connectivity index (χ3v) is 4.13. The average Bonchev–Trinajstić information content (AvgIpc) is 2.76. The zero-order valence-corrected chi connectivity index (χ0v) is 11.8. The Balaban J connectivity index is 1.99. The van der Waals surface area contributed by atoms with Crippen LogP contribution >= 0.6 is 0 Å². The van der Waals surface area contributed by atoms with E-state index in [1.54, 1.807) is 13.8 Å². The Hall–Kier alpha value is -0.780. The van der Waals surface area contributed by atoms with Crippen LogP contribution in [0.15, 0.2) is 0 Å². The predicted molar refractivity (Wildman–Crippen MR) is 59.4 cm³/mol. The molecule has 0 aliphatic carbocycles. The lowest BCUT2D eigenvalue weighted by atomic mass is 10.1. The fourth-order valence-electron chi connectivity index (χ4n) is 2.60. The quantitative estimate of drug-likeness (QED) is 0.567. The molecular formula is C10H14O9S. The van der Waals surface area contributed by atoms with Gasteiger partial charge in [-0.05, 0) is 13.8 Å². The molecule has 20 heavy (non-hydrogen) atoms. The lowest BCUT2D eigenvalue weighted by Gasteiger charge is -2.28. The summed E-state index contributed by atoms with van der Waals surface area (Å²) in [5, 5.41) is 0. The third kappa shape index (κ3) is 1.95. The summed E-state index contributed by atoms with van der Waals surface area (Å²) in [7, 11) is -2.97. The number of fused-ring (bicyclic) bond motifs is 3. The number of rotatable bonds is 1. The zero-order chi connectivity index (χ0) is 14.8. The summed E-state index contributed by atoms with van der Waals surface area (Å²) >= 11 is 0. The van der Waals surface area contributed by atoms with E-state index < -0.39 is 46.3 Å². The van der Waals surface area contributed by atoms with E-state index in [4.69, 9.17) is 18.4 Å². The molecular weight excluding hydrogens is 296 g/mol. The minimum absolute atomic E-state index is 0.282. The Bertz CT molecular complexity index is 541. The maximum atomic E-state index is 12.0. The molecule has 114 valence electrons. The first-order valence-electron chi connectivity index (χ1n) is 5.91. The number of carbonyl (C=O) groups excluding carboxylic acids is 1. The molecule has 0 aromatic rings. The average molecular weight is 310 g/mol. The van der Waals surface area contributed by atoms with Crippen LogP contribution in [0.4, 0.5) is 0 Å². The van der Waals surface area contributed by atoms with Crippen molar-refractivity contribution in [2.24, 2.45) is 0 Å². The summed E-state index contributed by atoms with van der Waals surface area (Å²) in [5.74, 6) is -3.81. The SMILES string of the molecule is COC(=O)[C@@]12OC3COS(=O)(=O)OC3C1OC(C)(C)O2. The van der Waals surface area contributed by atoms with Crippen molar-refractivity contribution in [2.75, 3.05) is 13.7 Å². The molecule has 0 N–H and O–H groups in total. The largest absolute Gasteiger partial charge is 0.465 e. The van der Waals surface area contributed by atoms with Crippen molar-refractivity contribution in [3.63, 3.8) is 0 Å². The molecule has 0 radical (unpaired) electrons. The van der Waals surface area contributed by atoms with Gasteiger partial charge in [-0.25, -0.2) is 13.2 Å². The number of hydrogen-bond acceptors (Lipinski definition) is 9. The van der Waals surface area contributed by atoms with Crippen molar-refractivity contribution in [1.82, 2.24) is 0 Å². The summed E-state index contributed by atoms with van der Waals surface area (Å²) in [4.78, 5) is 12.0. The van der Waals surface area contributed by atoms with E-state index in [2.05, 4.69) is 8.92 Å². The van der Waals surface area contributed by atoms with Crippen molar-refractivity contribution in [3.05, 3.63) is 0 Å². The monoisotopic (exact) mass is 310 g/mol. The second kappa shape index (κ2) is 4.12. The second-order valence-electron chi connectivity index (χ2n) is 5.11. The van der Waals surface area contributed by atoms with E-state index in [1.165, 1.54) is 7.11 Å². The van der Waals surface area contributed by atoms with Crippen molar-refractivity contribution < 1.29 is 40.5 Å². The standard InChI is InChI=1S/C10H14O9S/c1-9(2)17-7-6-5(4-15-20(12,13)18-6)16-10(7,19-9)8(11)14-3/h5-7H,4H2,1-3H3/t5?,6?,7?,10-/m1/s1.